The standard InChI is InChI=1S/C6H12O6/c7-11-9-6(10-12-8)4-2-1-3-5-6/h7-8H,1-5H2. The molecule has 1 rings (SSSR count). The van der Waals surface area contributed by atoms with Gasteiger partial charge in [-0.15, -0.1) is 0 Å². The topological polar surface area (TPSA) is 77.4 Å². The van der Waals surface area contributed by atoms with Gasteiger partial charge >= 0.3 is 0 Å². The fourth-order valence-corrected chi connectivity index (χ4v) is 1.41. The summed E-state index contributed by atoms with van der Waals surface area (Å²) in [6, 6.07) is 0. The number of rotatable bonds is 4. The van der Waals surface area contributed by atoms with Crippen LogP contribution in [-0.2, 0) is 19.9 Å². The summed E-state index contributed by atoms with van der Waals surface area (Å²) in [6.07, 6.45) is 3.81. The molecule has 0 bridgehead atoms. The van der Waals surface area contributed by atoms with Crippen LogP contribution in [0.1, 0.15) is 32.1 Å². The summed E-state index contributed by atoms with van der Waals surface area (Å²) in [5.41, 5.74) is 0. The minimum atomic E-state index is -1.16. The summed E-state index contributed by atoms with van der Waals surface area (Å²) < 4.78 is 0. The molecule has 0 aromatic carbocycles. The Morgan fingerprint density at radius 1 is 0.833 bits per heavy atom. The maximum Gasteiger partial charge on any atom is 0.240 e. The summed E-state index contributed by atoms with van der Waals surface area (Å²) in [7, 11) is 0. The van der Waals surface area contributed by atoms with Crippen LogP contribution in [0.15, 0.2) is 0 Å². The molecule has 1 aliphatic rings. The van der Waals surface area contributed by atoms with Gasteiger partial charge in [0.2, 0.25) is 5.79 Å². The molecular weight excluding hydrogens is 168 g/mol. The fourth-order valence-electron chi connectivity index (χ4n) is 1.41. The highest BCUT2D eigenvalue weighted by Gasteiger charge is 2.37. The predicted molar refractivity (Wildman–Crippen MR) is 35.4 cm³/mol. The van der Waals surface area contributed by atoms with Crippen LogP contribution in [0.4, 0.5) is 0 Å². The molecule has 2 N–H and O–H groups in total. The summed E-state index contributed by atoms with van der Waals surface area (Å²) in [6.45, 7) is 0. The minimum absolute atomic E-state index is 0.508. The lowest BCUT2D eigenvalue weighted by Crippen LogP contribution is -2.37. The summed E-state index contributed by atoms with van der Waals surface area (Å²) >= 11 is 0. The van der Waals surface area contributed by atoms with Gasteiger partial charge in [-0.25, -0.2) is 10.5 Å². The Morgan fingerprint density at radius 2 is 1.33 bits per heavy atom. The second kappa shape index (κ2) is 4.70. The van der Waals surface area contributed by atoms with Crippen molar-refractivity contribution >= 4 is 0 Å². The molecular formula is C6H12O6. The van der Waals surface area contributed by atoms with E-state index < -0.39 is 5.79 Å². The third-order valence-electron chi connectivity index (χ3n) is 1.99. The van der Waals surface area contributed by atoms with Crippen LogP contribution in [0.2, 0.25) is 0 Å². The van der Waals surface area contributed by atoms with E-state index in [1.807, 2.05) is 0 Å². The van der Waals surface area contributed by atoms with E-state index in [0.29, 0.717) is 12.8 Å². The molecule has 0 heterocycles. The van der Waals surface area contributed by atoms with E-state index in [4.69, 9.17) is 10.5 Å². The average molecular weight is 180 g/mol. The Kier molecular flexibility index (Phi) is 3.86. The van der Waals surface area contributed by atoms with Crippen molar-refractivity contribution < 1.29 is 30.4 Å². The van der Waals surface area contributed by atoms with E-state index in [2.05, 4.69) is 19.9 Å². The molecule has 0 aliphatic heterocycles. The Balaban J connectivity index is 2.44. The summed E-state index contributed by atoms with van der Waals surface area (Å²) in [5, 5.41) is 23.2. The lowest BCUT2D eigenvalue weighted by molar-refractivity contribution is -0.636. The van der Waals surface area contributed by atoms with Crippen molar-refractivity contribution in [1.82, 2.24) is 0 Å². The van der Waals surface area contributed by atoms with E-state index in [1.54, 1.807) is 0 Å². The van der Waals surface area contributed by atoms with E-state index in [0.717, 1.165) is 19.3 Å². The first-order valence-corrected chi connectivity index (χ1v) is 3.81. The molecule has 1 saturated carbocycles. The summed E-state index contributed by atoms with van der Waals surface area (Å²) in [5.74, 6) is -1.16. The lowest BCUT2D eigenvalue weighted by Gasteiger charge is -2.30. The van der Waals surface area contributed by atoms with Gasteiger partial charge in [0.25, 0.3) is 0 Å². The molecule has 12 heavy (non-hydrogen) atoms. The van der Waals surface area contributed by atoms with Gasteiger partial charge in [-0.3, -0.25) is 0 Å². The van der Waals surface area contributed by atoms with Gasteiger partial charge in [0.15, 0.2) is 0 Å². The first kappa shape index (κ1) is 9.85. The molecule has 1 aliphatic carbocycles. The first-order chi connectivity index (χ1) is 5.83. The molecule has 0 radical (unpaired) electrons. The Bertz CT molecular complexity index is 106. The van der Waals surface area contributed by atoms with E-state index in [-0.39, 0.29) is 0 Å². The molecule has 0 aromatic heterocycles. The van der Waals surface area contributed by atoms with Crippen LogP contribution < -0.4 is 0 Å². The molecule has 0 amide bonds. The Labute approximate surface area is 69.3 Å². The van der Waals surface area contributed by atoms with Crippen molar-refractivity contribution in [2.75, 3.05) is 0 Å². The molecule has 6 heteroatoms. The highest BCUT2D eigenvalue weighted by Crippen LogP contribution is 2.32. The van der Waals surface area contributed by atoms with Crippen LogP contribution in [0.5, 0.6) is 0 Å². The molecule has 0 spiro atoms. The third kappa shape index (κ3) is 2.37. The van der Waals surface area contributed by atoms with Crippen LogP contribution in [0, 0.1) is 0 Å². The van der Waals surface area contributed by atoms with Crippen molar-refractivity contribution in [2.45, 2.75) is 37.9 Å². The number of hydrogen-bond donors (Lipinski definition) is 2. The molecule has 0 atom stereocenters. The number of hydrogen-bond acceptors (Lipinski definition) is 6. The maximum absolute atomic E-state index is 8.07. The monoisotopic (exact) mass is 180 g/mol. The zero-order chi connectivity index (χ0) is 8.86. The van der Waals surface area contributed by atoms with Gasteiger partial charge in [0.05, 0.1) is 0 Å². The minimum Gasteiger partial charge on any atom is -0.221 e. The molecule has 0 aromatic rings. The van der Waals surface area contributed by atoms with Crippen molar-refractivity contribution in [3.8, 4) is 0 Å². The van der Waals surface area contributed by atoms with Crippen LogP contribution in [0.25, 0.3) is 0 Å². The van der Waals surface area contributed by atoms with E-state index >= 15 is 0 Å². The SMILES string of the molecule is OOOC1(OOO)CCCCC1. The smallest absolute Gasteiger partial charge is 0.221 e. The molecule has 0 unspecified atom stereocenters. The van der Waals surface area contributed by atoms with Gasteiger partial charge in [-0.2, -0.15) is 9.78 Å². The molecule has 72 valence electrons. The zero-order valence-corrected chi connectivity index (χ0v) is 6.56. The quantitative estimate of drug-likeness (QED) is 0.387. The van der Waals surface area contributed by atoms with Crippen LogP contribution in [-0.4, -0.2) is 16.3 Å². The van der Waals surface area contributed by atoms with Gasteiger partial charge in [0, 0.05) is 12.8 Å². The average Bonchev–Trinajstić information content (AvgIpc) is 2.07. The van der Waals surface area contributed by atoms with E-state index in [9.17, 15) is 0 Å². The van der Waals surface area contributed by atoms with E-state index in [1.165, 1.54) is 0 Å². The second-order valence-corrected chi connectivity index (χ2v) is 2.79. The fraction of sp³-hybridized carbons (Fsp3) is 1.00. The van der Waals surface area contributed by atoms with Crippen LogP contribution in [0.3, 0.4) is 0 Å². The molecule has 1 fully saturated rings. The highest BCUT2D eigenvalue weighted by molar-refractivity contribution is 4.72. The molecule has 0 saturated heterocycles. The highest BCUT2D eigenvalue weighted by atomic mass is 17.5. The zero-order valence-electron chi connectivity index (χ0n) is 6.56. The van der Waals surface area contributed by atoms with Gasteiger partial charge in [-0.1, -0.05) is 16.5 Å². The lowest BCUT2D eigenvalue weighted by atomic mass is 9.94. The maximum atomic E-state index is 8.07. The normalized spacial score (nSPS) is 22.5. The van der Waals surface area contributed by atoms with Crippen molar-refractivity contribution in [3.63, 3.8) is 0 Å². The van der Waals surface area contributed by atoms with Crippen LogP contribution >= 0.6 is 0 Å². The summed E-state index contributed by atoms with van der Waals surface area (Å²) in [4.78, 5) is 8.92. The largest absolute Gasteiger partial charge is 0.240 e. The van der Waals surface area contributed by atoms with Crippen molar-refractivity contribution in [3.05, 3.63) is 0 Å². The first-order valence-electron chi connectivity index (χ1n) is 3.81. The Morgan fingerprint density at radius 3 is 1.75 bits per heavy atom. The van der Waals surface area contributed by atoms with Gasteiger partial charge in [0.1, 0.15) is 0 Å². The predicted octanol–water partition coefficient (Wildman–Crippen LogP) is 1.49. The second-order valence-electron chi connectivity index (χ2n) is 2.79. The van der Waals surface area contributed by atoms with Gasteiger partial charge in [-0.05, 0) is 12.8 Å². The molecule has 6 nitrogen and oxygen atoms in total. The van der Waals surface area contributed by atoms with Crippen molar-refractivity contribution in [1.29, 1.82) is 0 Å². The Hall–Kier alpha value is -0.240. The van der Waals surface area contributed by atoms with Crippen molar-refractivity contribution in [2.24, 2.45) is 0 Å². The van der Waals surface area contributed by atoms with Gasteiger partial charge < -0.3 is 0 Å². The third-order valence-corrected chi connectivity index (χ3v) is 1.99.